The smallest absolute Gasteiger partial charge is 0.141 e. The van der Waals surface area contributed by atoms with E-state index in [2.05, 4.69) is 73.0 Å². The number of rotatable bonds is 6. The highest BCUT2D eigenvalue weighted by Gasteiger charge is 2.12. The molecule has 4 aromatic rings. The molecule has 0 aliphatic rings. The first-order chi connectivity index (χ1) is 13.2. The molecule has 0 spiro atoms. The van der Waals surface area contributed by atoms with E-state index in [1.54, 1.807) is 0 Å². The maximum Gasteiger partial charge on any atom is 0.141 e. The van der Waals surface area contributed by atoms with Gasteiger partial charge < -0.3 is 9.30 Å². The van der Waals surface area contributed by atoms with Gasteiger partial charge in [0.25, 0.3) is 0 Å². The van der Waals surface area contributed by atoms with Gasteiger partial charge in [0.05, 0.1) is 17.6 Å². The van der Waals surface area contributed by atoms with Crippen molar-refractivity contribution in [3.8, 4) is 17.1 Å². The van der Waals surface area contributed by atoms with Crippen LogP contribution in [0.4, 0.5) is 0 Å². The highest BCUT2D eigenvalue weighted by Crippen LogP contribution is 2.25. The van der Waals surface area contributed by atoms with Crippen LogP contribution in [-0.2, 0) is 13.0 Å². The molecule has 0 radical (unpaired) electrons. The van der Waals surface area contributed by atoms with Crippen molar-refractivity contribution in [3.63, 3.8) is 0 Å². The molecule has 0 aliphatic carbocycles. The van der Waals surface area contributed by atoms with Crippen LogP contribution in [0.25, 0.3) is 22.4 Å². The van der Waals surface area contributed by atoms with E-state index in [0.29, 0.717) is 6.61 Å². The Morgan fingerprint density at radius 1 is 0.926 bits per heavy atom. The van der Waals surface area contributed by atoms with Crippen LogP contribution in [0.5, 0.6) is 5.75 Å². The summed E-state index contributed by atoms with van der Waals surface area (Å²) in [6.45, 7) is 5.62. The van der Waals surface area contributed by atoms with Crippen LogP contribution in [0.1, 0.15) is 18.1 Å². The third kappa shape index (κ3) is 3.72. The van der Waals surface area contributed by atoms with Gasteiger partial charge in [-0.05, 0) is 49.2 Å². The molecule has 4 rings (SSSR count). The van der Waals surface area contributed by atoms with Crippen LogP contribution in [0.3, 0.4) is 0 Å². The second kappa shape index (κ2) is 7.67. The minimum absolute atomic E-state index is 0.602. The molecule has 0 fully saturated rings. The van der Waals surface area contributed by atoms with Crippen LogP contribution in [0.2, 0.25) is 0 Å². The highest BCUT2D eigenvalue weighted by molar-refractivity contribution is 5.80. The molecule has 0 aliphatic heterocycles. The Morgan fingerprint density at radius 2 is 1.74 bits per heavy atom. The summed E-state index contributed by atoms with van der Waals surface area (Å²) in [5, 5.41) is 0. The Labute approximate surface area is 160 Å². The minimum Gasteiger partial charge on any atom is -0.492 e. The average Bonchev–Trinajstić information content (AvgIpc) is 3.07. The predicted octanol–water partition coefficient (Wildman–Crippen LogP) is 5.65. The number of benzene rings is 3. The Kier molecular flexibility index (Phi) is 4.93. The number of para-hydroxylation sites is 2. The van der Waals surface area contributed by atoms with E-state index >= 15 is 0 Å². The lowest BCUT2D eigenvalue weighted by atomic mass is 10.1. The summed E-state index contributed by atoms with van der Waals surface area (Å²) in [7, 11) is 0. The lowest BCUT2D eigenvalue weighted by molar-refractivity contribution is 0.301. The van der Waals surface area contributed by atoms with E-state index < -0.39 is 0 Å². The fraction of sp³-hybridized carbons (Fsp3) is 0.208. The molecule has 0 N–H and O–H groups in total. The summed E-state index contributed by atoms with van der Waals surface area (Å²) in [5.41, 5.74) is 5.85. The summed E-state index contributed by atoms with van der Waals surface area (Å²) < 4.78 is 8.25. The van der Waals surface area contributed by atoms with Gasteiger partial charge >= 0.3 is 0 Å². The van der Waals surface area contributed by atoms with E-state index in [1.807, 2.05) is 18.2 Å². The summed E-state index contributed by atoms with van der Waals surface area (Å²) >= 11 is 0. The second-order valence-electron chi connectivity index (χ2n) is 6.79. The van der Waals surface area contributed by atoms with Crippen molar-refractivity contribution in [3.05, 3.63) is 83.9 Å². The van der Waals surface area contributed by atoms with Gasteiger partial charge in [0.1, 0.15) is 18.2 Å². The van der Waals surface area contributed by atoms with Gasteiger partial charge in [-0.15, -0.1) is 0 Å². The molecule has 0 atom stereocenters. The van der Waals surface area contributed by atoms with Crippen molar-refractivity contribution in [2.45, 2.75) is 26.8 Å². The van der Waals surface area contributed by atoms with Crippen LogP contribution in [-0.4, -0.2) is 16.2 Å². The number of aryl methyl sites for hydroxylation is 2. The molecule has 0 bridgehead atoms. The third-order valence-corrected chi connectivity index (χ3v) is 4.85. The largest absolute Gasteiger partial charge is 0.492 e. The van der Waals surface area contributed by atoms with Crippen molar-refractivity contribution in [2.24, 2.45) is 0 Å². The highest BCUT2D eigenvalue weighted by atomic mass is 16.5. The molecule has 136 valence electrons. The molecular formula is C24H24N2O. The summed E-state index contributed by atoms with van der Waals surface area (Å²) in [4.78, 5) is 4.88. The Morgan fingerprint density at radius 3 is 2.52 bits per heavy atom. The summed E-state index contributed by atoms with van der Waals surface area (Å²) in [6.07, 6.45) is 1.04. The molecule has 3 aromatic carbocycles. The number of aromatic nitrogens is 2. The topological polar surface area (TPSA) is 27.1 Å². The quantitative estimate of drug-likeness (QED) is 0.446. The summed E-state index contributed by atoms with van der Waals surface area (Å²) in [5.74, 6) is 1.90. The first-order valence-corrected chi connectivity index (χ1v) is 9.48. The third-order valence-electron chi connectivity index (χ3n) is 4.85. The first kappa shape index (κ1) is 17.3. The van der Waals surface area contributed by atoms with Gasteiger partial charge in [-0.25, -0.2) is 4.98 Å². The normalized spacial score (nSPS) is 11.0. The van der Waals surface area contributed by atoms with E-state index in [4.69, 9.17) is 9.72 Å². The lowest BCUT2D eigenvalue weighted by Crippen LogP contribution is -2.09. The average molecular weight is 356 g/mol. The number of ether oxygens (including phenoxy) is 1. The molecule has 0 saturated carbocycles. The molecule has 3 heteroatoms. The van der Waals surface area contributed by atoms with Crippen molar-refractivity contribution in [1.82, 2.24) is 9.55 Å². The van der Waals surface area contributed by atoms with Gasteiger partial charge in [0.15, 0.2) is 0 Å². The maximum absolute atomic E-state index is 5.99. The first-order valence-electron chi connectivity index (χ1n) is 9.48. The molecule has 3 nitrogen and oxygen atoms in total. The van der Waals surface area contributed by atoms with Gasteiger partial charge in [-0.1, -0.05) is 55.0 Å². The van der Waals surface area contributed by atoms with Gasteiger partial charge in [-0.3, -0.25) is 0 Å². The number of imidazole rings is 1. The van der Waals surface area contributed by atoms with Gasteiger partial charge in [0.2, 0.25) is 0 Å². The molecule has 0 amide bonds. The molecule has 0 saturated heterocycles. The van der Waals surface area contributed by atoms with Crippen molar-refractivity contribution < 1.29 is 4.74 Å². The Hall–Kier alpha value is -3.07. The standard InChI is InChI=1S/C24H24N2O/c1-3-19-11-13-21(14-12-19)27-16-15-26-23-10-5-4-9-22(23)25-24(26)20-8-6-7-18(2)17-20/h4-14,17H,3,15-16H2,1-2H3. The molecule has 0 unspecified atom stereocenters. The van der Waals surface area contributed by atoms with Gasteiger partial charge in [0, 0.05) is 5.56 Å². The van der Waals surface area contributed by atoms with Crippen molar-refractivity contribution in [1.29, 1.82) is 0 Å². The number of fused-ring (bicyclic) bond motifs is 1. The molecule has 1 aromatic heterocycles. The number of nitrogens with zero attached hydrogens (tertiary/aromatic N) is 2. The Balaban J connectivity index is 1.60. The van der Waals surface area contributed by atoms with E-state index in [0.717, 1.165) is 41.1 Å². The zero-order valence-corrected chi connectivity index (χ0v) is 15.9. The monoisotopic (exact) mass is 356 g/mol. The SMILES string of the molecule is CCc1ccc(OCCn2c(-c3cccc(C)c3)nc3ccccc32)cc1. The number of hydrogen-bond donors (Lipinski definition) is 0. The fourth-order valence-electron chi connectivity index (χ4n) is 3.38. The second-order valence-corrected chi connectivity index (χ2v) is 6.79. The van der Waals surface area contributed by atoms with Crippen LogP contribution in [0.15, 0.2) is 72.8 Å². The zero-order valence-electron chi connectivity index (χ0n) is 15.9. The van der Waals surface area contributed by atoms with E-state index in [-0.39, 0.29) is 0 Å². The maximum atomic E-state index is 5.99. The zero-order chi connectivity index (χ0) is 18.6. The van der Waals surface area contributed by atoms with E-state index in [1.165, 1.54) is 11.1 Å². The fourth-order valence-corrected chi connectivity index (χ4v) is 3.38. The lowest BCUT2D eigenvalue weighted by Gasteiger charge is -2.11. The van der Waals surface area contributed by atoms with Crippen molar-refractivity contribution >= 4 is 11.0 Å². The molecule has 27 heavy (non-hydrogen) atoms. The molecule has 1 heterocycles. The molecular weight excluding hydrogens is 332 g/mol. The minimum atomic E-state index is 0.602. The van der Waals surface area contributed by atoms with Crippen LogP contribution in [0, 0.1) is 6.92 Å². The van der Waals surface area contributed by atoms with Gasteiger partial charge in [-0.2, -0.15) is 0 Å². The van der Waals surface area contributed by atoms with Crippen LogP contribution < -0.4 is 4.74 Å². The van der Waals surface area contributed by atoms with E-state index in [9.17, 15) is 0 Å². The van der Waals surface area contributed by atoms with Crippen LogP contribution >= 0.6 is 0 Å². The predicted molar refractivity (Wildman–Crippen MR) is 111 cm³/mol. The Bertz CT molecular complexity index is 1050. The number of hydrogen-bond acceptors (Lipinski definition) is 2. The summed E-state index contributed by atoms with van der Waals surface area (Å²) in [6, 6.07) is 25.1. The van der Waals surface area contributed by atoms with Crippen molar-refractivity contribution in [2.75, 3.05) is 6.61 Å².